The first-order valence-electron chi connectivity index (χ1n) is 9.72. The van der Waals surface area contributed by atoms with Crippen molar-refractivity contribution in [2.24, 2.45) is 5.92 Å². The number of hydrogen-bond acceptors (Lipinski definition) is 4. The lowest BCUT2D eigenvalue weighted by Crippen LogP contribution is -2.47. The molecular formula is C21H29NO4. The molecular weight excluding hydrogens is 330 g/mol. The Morgan fingerprint density at radius 1 is 1.31 bits per heavy atom. The Hall–Kier alpha value is -2.04. The first-order chi connectivity index (χ1) is 12.5. The van der Waals surface area contributed by atoms with E-state index in [1.54, 1.807) is 11.9 Å². The van der Waals surface area contributed by atoms with E-state index in [-0.39, 0.29) is 24.2 Å². The second-order valence-corrected chi connectivity index (χ2v) is 7.47. The Bertz CT molecular complexity index is 651. The quantitative estimate of drug-likeness (QED) is 0.731. The lowest BCUT2D eigenvalue weighted by atomic mass is 9.75. The minimum Gasteiger partial charge on any atom is -0.492 e. The van der Waals surface area contributed by atoms with Crippen molar-refractivity contribution >= 4 is 11.9 Å². The molecule has 1 aromatic rings. The molecule has 26 heavy (non-hydrogen) atoms. The van der Waals surface area contributed by atoms with Crippen molar-refractivity contribution in [2.75, 3.05) is 20.2 Å². The van der Waals surface area contributed by atoms with Gasteiger partial charge in [-0.2, -0.15) is 0 Å². The van der Waals surface area contributed by atoms with E-state index < -0.39 is 5.60 Å². The van der Waals surface area contributed by atoms with Gasteiger partial charge in [0.1, 0.15) is 18.0 Å². The lowest BCUT2D eigenvalue weighted by Gasteiger charge is -2.37. The summed E-state index contributed by atoms with van der Waals surface area (Å²) in [6.07, 6.45) is 6.00. The van der Waals surface area contributed by atoms with Crippen molar-refractivity contribution < 1.29 is 19.1 Å². The highest BCUT2D eigenvalue weighted by atomic mass is 16.6. The summed E-state index contributed by atoms with van der Waals surface area (Å²) in [6, 6.07) is 8.02. The van der Waals surface area contributed by atoms with Gasteiger partial charge < -0.3 is 14.4 Å². The second-order valence-electron chi connectivity index (χ2n) is 7.47. The van der Waals surface area contributed by atoms with Gasteiger partial charge in [-0.05, 0) is 49.8 Å². The van der Waals surface area contributed by atoms with Crippen molar-refractivity contribution in [3.05, 3.63) is 29.8 Å². The molecule has 0 radical (unpaired) electrons. The van der Waals surface area contributed by atoms with Crippen LogP contribution in [0.15, 0.2) is 24.3 Å². The van der Waals surface area contributed by atoms with Crippen LogP contribution >= 0.6 is 0 Å². The third-order valence-electron chi connectivity index (χ3n) is 5.70. The molecule has 1 atom stereocenters. The van der Waals surface area contributed by atoms with Crippen LogP contribution in [-0.2, 0) is 20.7 Å². The van der Waals surface area contributed by atoms with Crippen LogP contribution in [0.25, 0.3) is 0 Å². The summed E-state index contributed by atoms with van der Waals surface area (Å²) in [5.41, 5.74) is 0.671. The van der Waals surface area contributed by atoms with Gasteiger partial charge in [-0.15, -0.1) is 0 Å². The van der Waals surface area contributed by atoms with E-state index in [0.29, 0.717) is 13.2 Å². The van der Waals surface area contributed by atoms with Crippen molar-refractivity contribution in [1.29, 1.82) is 0 Å². The molecule has 1 amide bonds. The molecule has 1 aromatic carbocycles. The molecule has 5 heteroatoms. The number of esters is 1. The Balaban J connectivity index is 1.56. The maximum Gasteiger partial charge on any atom is 0.307 e. The van der Waals surface area contributed by atoms with Crippen LogP contribution in [0.1, 0.15) is 51.0 Å². The van der Waals surface area contributed by atoms with Gasteiger partial charge in [0.15, 0.2) is 0 Å². The second kappa shape index (κ2) is 8.11. The van der Waals surface area contributed by atoms with Gasteiger partial charge in [0.25, 0.3) is 0 Å². The highest BCUT2D eigenvalue weighted by Crippen LogP contribution is 2.44. The van der Waals surface area contributed by atoms with Crippen LogP contribution in [0.2, 0.25) is 0 Å². The van der Waals surface area contributed by atoms with E-state index >= 15 is 0 Å². The van der Waals surface area contributed by atoms with E-state index in [1.807, 2.05) is 18.2 Å². The molecule has 5 nitrogen and oxygen atoms in total. The molecule has 0 bridgehead atoms. The van der Waals surface area contributed by atoms with Gasteiger partial charge in [-0.25, -0.2) is 0 Å². The van der Waals surface area contributed by atoms with E-state index in [4.69, 9.17) is 9.47 Å². The number of ether oxygens (including phenoxy) is 2. The Morgan fingerprint density at radius 3 is 2.81 bits per heavy atom. The Morgan fingerprint density at radius 2 is 2.08 bits per heavy atom. The van der Waals surface area contributed by atoms with Crippen LogP contribution in [-0.4, -0.2) is 42.6 Å². The summed E-state index contributed by atoms with van der Waals surface area (Å²) in [5.74, 6) is 0.256. The fraction of sp³-hybridized carbons (Fsp3) is 0.619. The topological polar surface area (TPSA) is 55.8 Å². The number of hydrogen-bond donors (Lipinski definition) is 0. The van der Waals surface area contributed by atoms with Crippen LogP contribution in [0, 0.1) is 5.92 Å². The SMILES string of the molecule is CCc1cccc(OCCN(C)C(=O)[C@@H]2CC(=O)OC23CCCCC3)c1. The molecule has 2 fully saturated rings. The number of likely N-dealkylation sites (N-methyl/N-ethyl adjacent to an activating group) is 1. The number of rotatable bonds is 6. The van der Waals surface area contributed by atoms with Crippen LogP contribution in [0.5, 0.6) is 5.75 Å². The van der Waals surface area contributed by atoms with Gasteiger partial charge in [-0.3, -0.25) is 9.59 Å². The summed E-state index contributed by atoms with van der Waals surface area (Å²) in [5, 5.41) is 0. The van der Waals surface area contributed by atoms with Gasteiger partial charge in [-0.1, -0.05) is 25.5 Å². The summed E-state index contributed by atoms with van der Waals surface area (Å²) in [6.45, 7) is 3.04. The summed E-state index contributed by atoms with van der Waals surface area (Å²) >= 11 is 0. The molecule has 1 heterocycles. The van der Waals surface area contributed by atoms with E-state index in [9.17, 15) is 9.59 Å². The fourth-order valence-corrected chi connectivity index (χ4v) is 4.14. The number of nitrogens with zero attached hydrogens (tertiary/aromatic N) is 1. The minimum atomic E-state index is -0.559. The van der Waals surface area contributed by atoms with Crippen LogP contribution in [0.3, 0.4) is 0 Å². The highest BCUT2D eigenvalue weighted by molar-refractivity contribution is 5.87. The first-order valence-corrected chi connectivity index (χ1v) is 9.72. The predicted octanol–water partition coefficient (Wildman–Crippen LogP) is 3.35. The number of benzene rings is 1. The zero-order chi connectivity index (χ0) is 18.6. The Labute approximate surface area is 155 Å². The molecule has 1 spiro atoms. The predicted molar refractivity (Wildman–Crippen MR) is 99.0 cm³/mol. The molecule has 0 N–H and O–H groups in total. The number of amides is 1. The number of aryl methyl sites for hydroxylation is 1. The molecule has 1 aliphatic carbocycles. The van der Waals surface area contributed by atoms with Gasteiger partial charge in [0.05, 0.1) is 18.9 Å². The normalized spacial score (nSPS) is 21.5. The van der Waals surface area contributed by atoms with Crippen molar-refractivity contribution in [1.82, 2.24) is 4.90 Å². The molecule has 0 unspecified atom stereocenters. The van der Waals surface area contributed by atoms with Crippen molar-refractivity contribution in [3.8, 4) is 5.75 Å². The molecule has 0 aromatic heterocycles. The third kappa shape index (κ3) is 4.02. The molecule has 142 valence electrons. The molecule has 1 saturated heterocycles. The third-order valence-corrected chi connectivity index (χ3v) is 5.70. The first kappa shape index (κ1) is 18.7. The standard InChI is InChI=1S/C21H29NO4/c1-3-16-8-7-9-17(14-16)25-13-12-22(2)20(24)18-15-19(23)26-21(18)10-5-4-6-11-21/h7-9,14,18H,3-6,10-13,15H2,1-2H3/t18-/m0/s1. The number of carbonyl (C=O) groups excluding carboxylic acids is 2. The molecule has 3 rings (SSSR count). The summed E-state index contributed by atoms with van der Waals surface area (Å²) < 4.78 is 11.5. The summed E-state index contributed by atoms with van der Waals surface area (Å²) in [4.78, 5) is 26.5. The van der Waals surface area contributed by atoms with Crippen molar-refractivity contribution in [2.45, 2.75) is 57.5 Å². The number of carbonyl (C=O) groups is 2. The van der Waals surface area contributed by atoms with Gasteiger partial charge in [0, 0.05) is 7.05 Å². The van der Waals surface area contributed by atoms with E-state index in [0.717, 1.165) is 44.3 Å². The van der Waals surface area contributed by atoms with Gasteiger partial charge in [0.2, 0.25) is 5.91 Å². The van der Waals surface area contributed by atoms with E-state index in [2.05, 4.69) is 13.0 Å². The Kier molecular flexibility index (Phi) is 5.84. The largest absolute Gasteiger partial charge is 0.492 e. The van der Waals surface area contributed by atoms with Crippen LogP contribution < -0.4 is 4.74 Å². The average molecular weight is 359 g/mol. The minimum absolute atomic E-state index is 0.00339. The maximum absolute atomic E-state index is 12.9. The molecule has 1 saturated carbocycles. The van der Waals surface area contributed by atoms with Crippen LogP contribution in [0.4, 0.5) is 0 Å². The fourth-order valence-electron chi connectivity index (χ4n) is 4.14. The zero-order valence-electron chi connectivity index (χ0n) is 15.8. The monoisotopic (exact) mass is 359 g/mol. The van der Waals surface area contributed by atoms with E-state index in [1.165, 1.54) is 5.56 Å². The maximum atomic E-state index is 12.9. The van der Waals surface area contributed by atoms with Crippen molar-refractivity contribution in [3.63, 3.8) is 0 Å². The average Bonchev–Trinajstić information content (AvgIpc) is 2.97. The van der Waals surface area contributed by atoms with Gasteiger partial charge >= 0.3 is 5.97 Å². The smallest absolute Gasteiger partial charge is 0.307 e. The molecule has 2 aliphatic rings. The molecule has 1 aliphatic heterocycles. The summed E-state index contributed by atoms with van der Waals surface area (Å²) in [7, 11) is 1.79. The highest BCUT2D eigenvalue weighted by Gasteiger charge is 2.53. The zero-order valence-corrected chi connectivity index (χ0v) is 15.8. The lowest BCUT2D eigenvalue weighted by molar-refractivity contribution is -0.155.